The van der Waals surface area contributed by atoms with Crippen LogP contribution >= 0.6 is 11.8 Å². The zero-order valence-electron chi connectivity index (χ0n) is 12.5. The third-order valence-corrected chi connectivity index (χ3v) is 4.39. The first-order valence-corrected chi connectivity index (χ1v) is 8.65. The number of carbonyl (C=O) groups excluding carboxylic acids is 1. The summed E-state index contributed by atoms with van der Waals surface area (Å²) < 4.78 is 5.67. The SMILES string of the molecule is CSc1ccc(NC(=O)c2ccc(OCC3CC3)cc2)cc1. The Bertz CT molecular complexity index is 633. The van der Waals surface area contributed by atoms with Crippen molar-refractivity contribution in [3.63, 3.8) is 0 Å². The molecule has 1 aliphatic rings. The van der Waals surface area contributed by atoms with Gasteiger partial charge in [0, 0.05) is 16.1 Å². The second-order valence-electron chi connectivity index (χ2n) is 5.46. The van der Waals surface area contributed by atoms with E-state index in [9.17, 15) is 4.79 Å². The first-order chi connectivity index (χ1) is 10.7. The van der Waals surface area contributed by atoms with Crippen LogP contribution in [0.4, 0.5) is 5.69 Å². The molecule has 4 heteroatoms. The van der Waals surface area contributed by atoms with Gasteiger partial charge in [0.15, 0.2) is 0 Å². The Morgan fingerprint density at radius 2 is 1.82 bits per heavy atom. The normalized spacial score (nSPS) is 13.7. The van der Waals surface area contributed by atoms with E-state index in [0.29, 0.717) is 5.56 Å². The standard InChI is InChI=1S/C18H19NO2S/c1-22-17-10-6-15(7-11-17)19-18(20)14-4-8-16(9-5-14)21-12-13-2-3-13/h4-11,13H,2-3,12H2,1H3,(H,19,20). The van der Waals surface area contributed by atoms with Crippen LogP contribution in [0.25, 0.3) is 0 Å². The van der Waals surface area contributed by atoms with Crippen molar-refractivity contribution in [1.82, 2.24) is 0 Å². The number of carbonyl (C=O) groups is 1. The van der Waals surface area contributed by atoms with Gasteiger partial charge in [0.05, 0.1) is 6.61 Å². The third kappa shape index (κ3) is 4.04. The maximum absolute atomic E-state index is 12.2. The Kier molecular flexibility index (Phi) is 4.68. The molecule has 1 saturated carbocycles. The number of ether oxygens (including phenoxy) is 1. The molecule has 0 aromatic heterocycles. The third-order valence-electron chi connectivity index (χ3n) is 3.65. The molecule has 0 bridgehead atoms. The first kappa shape index (κ1) is 15.0. The smallest absolute Gasteiger partial charge is 0.255 e. The van der Waals surface area contributed by atoms with E-state index >= 15 is 0 Å². The summed E-state index contributed by atoms with van der Waals surface area (Å²) >= 11 is 1.68. The van der Waals surface area contributed by atoms with E-state index in [2.05, 4.69) is 5.32 Å². The predicted molar refractivity (Wildman–Crippen MR) is 90.8 cm³/mol. The van der Waals surface area contributed by atoms with Crippen LogP contribution in [-0.4, -0.2) is 18.8 Å². The lowest BCUT2D eigenvalue weighted by molar-refractivity contribution is 0.102. The van der Waals surface area contributed by atoms with Crippen LogP contribution in [0.15, 0.2) is 53.4 Å². The molecular formula is C18H19NO2S. The lowest BCUT2D eigenvalue weighted by Gasteiger charge is -2.08. The summed E-state index contributed by atoms with van der Waals surface area (Å²) in [6, 6.07) is 15.1. The Morgan fingerprint density at radius 3 is 2.41 bits per heavy atom. The maximum atomic E-state index is 12.2. The van der Waals surface area contributed by atoms with Crippen LogP contribution in [0.2, 0.25) is 0 Å². The molecule has 3 nitrogen and oxygen atoms in total. The molecule has 2 aromatic rings. The summed E-state index contributed by atoms with van der Waals surface area (Å²) in [6.07, 6.45) is 4.58. The zero-order chi connectivity index (χ0) is 15.4. The summed E-state index contributed by atoms with van der Waals surface area (Å²) in [6.45, 7) is 0.785. The quantitative estimate of drug-likeness (QED) is 0.801. The molecule has 3 rings (SSSR count). The number of amides is 1. The van der Waals surface area contributed by atoms with Crippen LogP contribution < -0.4 is 10.1 Å². The Labute approximate surface area is 135 Å². The molecule has 0 saturated heterocycles. The number of hydrogen-bond donors (Lipinski definition) is 1. The minimum atomic E-state index is -0.106. The summed E-state index contributed by atoms with van der Waals surface area (Å²) in [5, 5.41) is 2.90. The maximum Gasteiger partial charge on any atom is 0.255 e. The first-order valence-electron chi connectivity index (χ1n) is 7.43. The summed E-state index contributed by atoms with van der Waals surface area (Å²) in [5.74, 6) is 1.45. The number of nitrogens with one attached hydrogen (secondary N) is 1. The molecular weight excluding hydrogens is 294 g/mol. The van der Waals surface area contributed by atoms with E-state index < -0.39 is 0 Å². The fraction of sp³-hybridized carbons (Fsp3) is 0.278. The van der Waals surface area contributed by atoms with E-state index in [-0.39, 0.29) is 5.91 Å². The highest BCUT2D eigenvalue weighted by atomic mass is 32.2. The predicted octanol–water partition coefficient (Wildman–Crippen LogP) is 4.45. The van der Waals surface area contributed by atoms with Crippen LogP contribution in [0.1, 0.15) is 23.2 Å². The second kappa shape index (κ2) is 6.88. The Balaban J connectivity index is 1.58. The fourth-order valence-corrected chi connectivity index (χ4v) is 2.49. The molecule has 0 aliphatic heterocycles. The molecule has 22 heavy (non-hydrogen) atoms. The number of thioether (sulfide) groups is 1. The van der Waals surface area contributed by atoms with Gasteiger partial charge in [-0.1, -0.05) is 0 Å². The zero-order valence-corrected chi connectivity index (χ0v) is 13.4. The highest BCUT2D eigenvalue weighted by Gasteiger charge is 2.21. The van der Waals surface area contributed by atoms with Crippen molar-refractivity contribution in [2.75, 3.05) is 18.2 Å². The lowest BCUT2D eigenvalue weighted by atomic mass is 10.2. The molecule has 0 heterocycles. The average molecular weight is 313 g/mol. The van der Waals surface area contributed by atoms with Crippen molar-refractivity contribution in [3.8, 4) is 5.75 Å². The average Bonchev–Trinajstić information content (AvgIpc) is 3.38. The Morgan fingerprint density at radius 1 is 1.14 bits per heavy atom. The van der Waals surface area contributed by atoms with Gasteiger partial charge in [-0.15, -0.1) is 11.8 Å². The monoisotopic (exact) mass is 313 g/mol. The van der Waals surface area contributed by atoms with Gasteiger partial charge in [-0.2, -0.15) is 0 Å². The van der Waals surface area contributed by atoms with Gasteiger partial charge in [-0.25, -0.2) is 0 Å². The highest BCUT2D eigenvalue weighted by Crippen LogP contribution is 2.29. The van der Waals surface area contributed by atoms with Crippen LogP contribution in [0.3, 0.4) is 0 Å². The van der Waals surface area contributed by atoms with Crippen molar-refractivity contribution in [2.24, 2.45) is 5.92 Å². The van der Waals surface area contributed by atoms with Crippen molar-refractivity contribution < 1.29 is 9.53 Å². The minimum absolute atomic E-state index is 0.106. The van der Waals surface area contributed by atoms with Gasteiger partial charge < -0.3 is 10.1 Å². The lowest BCUT2D eigenvalue weighted by Crippen LogP contribution is -2.11. The molecule has 0 spiro atoms. The largest absolute Gasteiger partial charge is 0.493 e. The van der Waals surface area contributed by atoms with Gasteiger partial charge in [0.2, 0.25) is 0 Å². The molecule has 1 aliphatic carbocycles. The molecule has 114 valence electrons. The second-order valence-corrected chi connectivity index (χ2v) is 6.34. The van der Waals surface area contributed by atoms with Crippen molar-refractivity contribution in [2.45, 2.75) is 17.7 Å². The molecule has 0 unspecified atom stereocenters. The topological polar surface area (TPSA) is 38.3 Å². The minimum Gasteiger partial charge on any atom is -0.493 e. The van der Waals surface area contributed by atoms with Crippen LogP contribution in [0.5, 0.6) is 5.75 Å². The number of hydrogen-bond acceptors (Lipinski definition) is 3. The molecule has 1 amide bonds. The Hall–Kier alpha value is -1.94. The summed E-state index contributed by atoms with van der Waals surface area (Å²) in [7, 11) is 0. The van der Waals surface area contributed by atoms with Crippen LogP contribution in [-0.2, 0) is 0 Å². The van der Waals surface area contributed by atoms with Crippen molar-refractivity contribution in [1.29, 1.82) is 0 Å². The molecule has 1 fully saturated rings. The van der Waals surface area contributed by atoms with Crippen molar-refractivity contribution >= 4 is 23.4 Å². The fourth-order valence-electron chi connectivity index (χ4n) is 2.08. The van der Waals surface area contributed by atoms with Gasteiger partial charge in [0.25, 0.3) is 5.91 Å². The molecule has 2 aromatic carbocycles. The van der Waals surface area contributed by atoms with Gasteiger partial charge in [-0.05, 0) is 73.5 Å². The van der Waals surface area contributed by atoms with Gasteiger partial charge >= 0.3 is 0 Å². The van der Waals surface area contributed by atoms with Gasteiger partial charge in [-0.3, -0.25) is 4.79 Å². The van der Waals surface area contributed by atoms with E-state index in [0.717, 1.165) is 24.0 Å². The number of rotatable bonds is 6. The molecule has 0 atom stereocenters. The van der Waals surface area contributed by atoms with Crippen LogP contribution in [0, 0.1) is 5.92 Å². The molecule has 1 N–H and O–H groups in total. The van der Waals surface area contributed by atoms with Crippen molar-refractivity contribution in [3.05, 3.63) is 54.1 Å². The number of anilines is 1. The summed E-state index contributed by atoms with van der Waals surface area (Å²) in [5.41, 5.74) is 1.43. The highest BCUT2D eigenvalue weighted by molar-refractivity contribution is 7.98. The number of benzene rings is 2. The van der Waals surface area contributed by atoms with E-state index in [1.54, 1.807) is 23.9 Å². The van der Waals surface area contributed by atoms with Gasteiger partial charge in [0.1, 0.15) is 5.75 Å². The van der Waals surface area contributed by atoms with E-state index in [1.807, 2.05) is 42.7 Å². The van der Waals surface area contributed by atoms with E-state index in [4.69, 9.17) is 4.74 Å². The summed E-state index contributed by atoms with van der Waals surface area (Å²) in [4.78, 5) is 13.4. The van der Waals surface area contributed by atoms with E-state index in [1.165, 1.54) is 17.7 Å². The molecule has 0 radical (unpaired) electrons.